The molecule has 1 amide bonds. The molecule has 1 N–H and O–H groups in total. The van der Waals surface area contributed by atoms with Gasteiger partial charge >= 0.3 is 0 Å². The molecule has 0 atom stereocenters. The number of carbonyl (C=O) groups is 1. The van der Waals surface area contributed by atoms with Crippen molar-refractivity contribution in [3.63, 3.8) is 0 Å². The summed E-state index contributed by atoms with van der Waals surface area (Å²) in [6.45, 7) is 1.61. The van der Waals surface area contributed by atoms with Gasteiger partial charge in [-0.15, -0.1) is 0 Å². The minimum Gasteiger partial charge on any atom is -0.310 e. The quantitative estimate of drug-likeness (QED) is 0.557. The lowest BCUT2D eigenvalue weighted by molar-refractivity contribution is -0.385. The molecule has 0 fully saturated rings. The number of carbonyl (C=O) groups excluding carboxylic acids is 1. The van der Waals surface area contributed by atoms with Crippen molar-refractivity contribution in [2.45, 2.75) is 12.8 Å². The highest BCUT2D eigenvalue weighted by Crippen LogP contribution is 2.26. The molecular formula is C20H17N3O3. The Morgan fingerprint density at radius 3 is 2.04 bits per heavy atom. The van der Waals surface area contributed by atoms with Gasteiger partial charge in [0, 0.05) is 5.56 Å². The zero-order chi connectivity index (χ0) is 18.5. The maximum absolute atomic E-state index is 13.0. The molecule has 6 nitrogen and oxygen atoms in total. The van der Waals surface area contributed by atoms with Crippen LogP contribution in [0.4, 0.5) is 11.5 Å². The third-order valence-corrected chi connectivity index (χ3v) is 4.06. The summed E-state index contributed by atoms with van der Waals surface area (Å²) in [6, 6.07) is 20.4. The predicted molar refractivity (Wildman–Crippen MR) is 99.0 cm³/mol. The molecule has 0 saturated heterocycles. The fourth-order valence-electron chi connectivity index (χ4n) is 2.79. The van der Waals surface area contributed by atoms with Crippen molar-refractivity contribution in [2.24, 2.45) is 0 Å². The van der Waals surface area contributed by atoms with Crippen molar-refractivity contribution < 1.29 is 9.72 Å². The van der Waals surface area contributed by atoms with E-state index in [4.69, 9.17) is 0 Å². The van der Waals surface area contributed by atoms with Crippen LogP contribution < -0.4 is 5.32 Å². The number of hydrogen-bond donors (Lipinski definition) is 1. The summed E-state index contributed by atoms with van der Waals surface area (Å²) < 4.78 is 0. The van der Waals surface area contributed by atoms with E-state index < -0.39 is 10.8 Å². The van der Waals surface area contributed by atoms with E-state index in [0.717, 1.165) is 17.3 Å². The second-order valence-corrected chi connectivity index (χ2v) is 5.86. The van der Waals surface area contributed by atoms with Crippen LogP contribution in [0.2, 0.25) is 0 Å². The summed E-state index contributed by atoms with van der Waals surface area (Å²) in [6.07, 6.45) is 1.16. The van der Waals surface area contributed by atoms with E-state index in [-0.39, 0.29) is 17.4 Å². The maximum Gasteiger partial charge on any atom is 0.290 e. The van der Waals surface area contributed by atoms with E-state index in [1.807, 2.05) is 60.7 Å². The molecule has 3 aromatic rings. The summed E-state index contributed by atoms with van der Waals surface area (Å²) in [5, 5.41) is 13.7. The Kier molecular flexibility index (Phi) is 5.03. The fraction of sp³-hybridized carbons (Fsp3) is 0.100. The molecule has 26 heavy (non-hydrogen) atoms. The Hall–Kier alpha value is -3.54. The fourth-order valence-corrected chi connectivity index (χ4v) is 2.79. The van der Waals surface area contributed by atoms with Crippen molar-refractivity contribution in [3.8, 4) is 0 Å². The molecule has 0 spiro atoms. The first-order valence-corrected chi connectivity index (χ1v) is 8.08. The zero-order valence-electron chi connectivity index (χ0n) is 14.1. The Labute approximate surface area is 150 Å². The largest absolute Gasteiger partial charge is 0.310 e. The zero-order valence-corrected chi connectivity index (χ0v) is 14.1. The average molecular weight is 347 g/mol. The number of nitrogens with zero attached hydrogens (tertiary/aromatic N) is 2. The molecule has 130 valence electrons. The number of aryl methyl sites for hydroxylation is 1. The van der Waals surface area contributed by atoms with E-state index >= 15 is 0 Å². The van der Waals surface area contributed by atoms with Crippen molar-refractivity contribution >= 4 is 17.4 Å². The maximum atomic E-state index is 13.0. The molecule has 2 aromatic carbocycles. The first-order chi connectivity index (χ1) is 12.6. The van der Waals surface area contributed by atoms with E-state index in [9.17, 15) is 14.9 Å². The number of anilines is 1. The van der Waals surface area contributed by atoms with Gasteiger partial charge in [0.15, 0.2) is 0 Å². The van der Waals surface area contributed by atoms with Gasteiger partial charge in [-0.1, -0.05) is 60.7 Å². The Morgan fingerprint density at radius 1 is 1.04 bits per heavy atom. The number of pyridine rings is 1. The summed E-state index contributed by atoms with van der Waals surface area (Å²) in [5.74, 6) is -0.465. The first-order valence-electron chi connectivity index (χ1n) is 8.08. The Bertz CT molecular complexity index is 888. The van der Waals surface area contributed by atoms with Gasteiger partial charge in [-0.3, -0.25) is 14.9 Å². The van der Waals surface area contributed by atoms with Crippen molar-refractivity contribution in [1.29, 1.82) is 0 Å². The number of nitrogens with one attached hydrogen (secondary N) is 1. The molecular weight excluding hydrogens is 330 g/mol. The van der Waals surface area contributed by atoms with Crippen LogP contribution in [0, 0.1) is 17.0 Å². The van der Waals surface area contributed by atoms with Crippen LogP contribution >= 0.6 is 0 Å². The molecule has 0 unspecified atom stereocenters. The van der Waals surface area contributed by atoms with Crippen LogP contribution in [0.1, 0.15) is 22.6 Å². The summed E-state index contributed by atoms with van der Waals surface area (Å²) in [4.78, 5) is 27.4. The minimum absolute atomic E-state index is 0.0781. The summed E-state index contributed by atoms with van der Waals surface area (Å²) >= 11 is 0. The number of hydrogen-bond acceptors (Lipinski definition) is 4. The van der Waals surface area contributed by atoms with Crippen LogP contribution in [0.15, 0.2) is 72.9 Å². The van der Waals surface area contributed by atoms with Gasteiger partial charge in [-0.05, 0) is 24.1 Å². The van der Waals surface area contributed by atoms with Crippen LogP contribution in [0.3, 0.4) is 0 Å². The lowest BCUT2D eigenvalue weighted by Gasteiger charge is -2.17. The normalized spacial score (nSPS) is 10.5. The lowest BCUT2D eigenvalue weighted by atomic mass is 9.90. The topological polar surface area (TPSA) is 85.1 Å². The Balaban J connectivity index is 1.92. The summed E-state index contributed by atoms with van der Waals surface area (Å²) in [7, 11) is 0. The molecule has 0 saturated carbocycles. The SMILES string of the molecule is Cc1cc(NC(=O)C(c2ccccc2)c2ccccc2)ncc1[N+](=O)[O-]. The number of nitro groups is 1. The highest BCUT2D eigenvalue weighted by Gasteiger charge is 2.23. The van der Waals surface area contributed by atoms with Gasteiger partial charge in [0.2, 0.25) is 5.91 Å². The van der Waals surface area contributed by atoms with Gasteiger partial charge in [-0.2, -0.15) is 0 Å². The molecule has 3 rings (SSSR count). The number of amides is 1. The van der Waals surface area contributed by atoms with Gasteiger partial charge in [-0.25, -0.2) is 4.98 Å². The standard InChI is InChI=1S/C20H17N3O3/c1-14-12-18(21-13-17(14)23(25)26)22-20(24)19(15-8-4-2-5-9-15)16-10-6-3-7-11-16/h2-13,19H,1H3,(H,21,22,24). The Morgan fingerprint density at radius 2 is 1.58 bits per heavy atom. The molecule has 0 aliphatic heterocycles. The van der Waals surface area contributed by atoms with E-state index in [0.29, 0.717) is 5.56 Å². The molecule has 1 aromatic heterocycles. The van der Waals surface area contributed by atoms with Gasteiger partial charge in [0.1, 0.15) is 12.0 Å². The molecule has 0 aliphatic carbocycles. The van der Waals surface area contributed by atoms with Crippen molar-refractivity contribution in [1.82, 2.24) is 4.98 Å². The number of aromatic nitrogens is 1. The van der Waals surface area contributed by atoms with Crippen LogP contribution in [-0.2, 0) is 4.79 Å². The predicted octanol–water partition coefficient (Wildman–Crippen LogP) is 4.07. The minimum atomic E-state index is -0.505. The van der Waals surface area contributed by atoms with Gasteiger partial charge in [0.25, 0.3) is 5.69 Å². The third kappa shape index (κ3) is 3.75. The highest BCUT2D eigenvalue weighted by atomic mass is 16.6. The van der Waals surface area contributed by atoms with E-state index in [2.05, 4.69) is 10.3 Å². The number of benzene rings is 2. The second-order valence-electron chi connectivity index (χ2n) is 5.86. The van der Waals surface area contributed by atoms with E-state index in [1.165, 1.54) is 6.07 Å². The smallest absolute Gasteiger partial charge is 0.290 e. The molecule has 0 radical (unpaired) electrons. The highest BCUT2D eigenvalue weighted by molar-refractivity contribution is 5.97. The van der Waals surface area contributed by atoms with E-state index in [1.54, 1.807) is 6.92 Å². The summed E-state index contributed by atoms with van der Waals surface area (Å²) in [5.41, 5.74) is 2.08. The molecule has 6 heteroatoms. The molecule has 0 bridgehead atoms. The first kappa shape index (κ1) is 17.3. The van der Waals surface area contributed by atoms with Gasteiger partial charge < -0.3 is 5.32 Å². The molecule has 0 aliphatic rings. The van der Waals surface area contributed by atoms with Gasteiger partial charge in [0.05, 0.1) is 10.8 Å². The second kappa shape index (κ2) is 7.57. The van der Waals surface area contributed by atoms with Crippen molar-refractivity contribution in [2.75, 3.05) is 5.32 Å². The van der Waals surface area contributed by atoms with Crippen LogP contribution in [0.25, 0.3) is 0 Å². The average Bonchev–Trinajstić information content (AvgIpc) is 2.63. The van der Waals surface area contributed by atoms with Crippen LogP contribution in [-0.4, -0.2) is 15.8 Å². The van der Waals surface area contributed by atoms with Crippen LogP contribution in [0.5, 0.6) is 0 Å². The third-order valence-electron chi connectivity index (χ3n) is 4.06. The molecule has 1 heterocycles. The van der Waals surface area contributed by atoms with Crippen molar-refractivity contribution in [3.05, 3.63) is 99.7 Å². The monoisotopic (exact) mass is 347 g/mol. The number of rotatable bonds is 5. The lowest BCUT2D eigenvalue weighted by Crippen LogP contribution is -2.22.